The lowest BCUT2D eigenvalue weighted by Crippen LogP contribution is -2.25. The predicted molar refractivity (Wildman–Crippen MR) is 135 cm³/mol. The van der Waals surface area contributed by atoms with Crippen molar-refractivity contribution in [2.24, 2.45) is 0 Å². The fourth-order valence-electron chi connectivity index (χ4n) is 5.48. The van der Waals surface area contributed by atoms with Crippen LogP contribution in [-0.2, 0) is 12.8 Å². The van der Waals surface area contributed by atoms with Gasteiger partial charge < -0.3 is 0 Å². The van der Waals surface area contributed by atoms with Crippen LogP contribution in [0.25, 0.3) is 53.0 Å². The molecule has 0 spiro atoms. The average molecular weight is 480 g/mol. The quantitative estimate of drug-likeness (QED) is 0.297. The van der Waals surface area contributed by atoms with Gasteiger partial charge in [0.1, 0.15) is 0 Å². The van der Waals surface area contributed by atoms with E-state index in [1.165, 1.54) is 12.1 Å². The molecule has 8 nitrogen and oxygen atoms in total. The Morgan fingerprint density at radius 2 is 1.24 bits per heavy atom. The van der Waals surface area contributed by atoms with E-state index in [9.17, 15) is 21.0 Å². The molecule has 3 aromatic carbocycles. The Hall–Kier alpha value is -6.68. The van der Waals surface area contributed by atoms with E-state index >= 15 is 0 Å². The second-order valence-electron chi connectivity index (χ2n) is 8.46. The van der Waals surface area contributed by atoms with Crippen LogP contribution in [0.2, 0.25) is 0 Å². The first-order valence-corrected chi connectivity index (χ1v) is 10.9. The van der Waals surface area contributed by atoms with Gasteiger partial charge >= 0.3 is 0 Å². The summed E-state index contributed by atoms with van der Waals surface area (Å²) in [5.74, 6) is 0. The molecule has 168 valence electrons. The molecule has 0 saturated heterocycles. The highest BCUT2D eigenvalue weighted by molar-refractivity contribution is 5.97. The van der Waals surface area contributed by atoms with Crippen LogP contribution in [0.5, 0.6) is 0 Å². The standard InChI is InChI=1S/C30H8N8/c1-35-19-7-17-9-21-27(23(13-33)37-3)29-20(8-16-5-15(11-31)6-18(12-32)25(16)29)28(24(14-34)38-4)30(21)26(17)22(10-19)36-2/h5-7,10H,8-9H2/b27-23+,28-24-. The van der Waals surface area contributed by atoms with E-state index in [0.29, 0.717) is 44.5 Å². The Labute approximate surface area is 217 Å². The maximum absolute atomic E-state index is 9.97. The molecule has 0 aromatic heterocycles. The van der Waals surface area contributed by atoms with Crippen molar-refractivity contribution in [3.8, 4) is 46.5 Å². The molecule has 0 aliphatic heterocycles. The maximum atomic E-state index is 9.97. The van der Waals surface area contributed by atoms with Crippen LogP contribution in [0.1, 0.15) is 33.4 Å². The van der Waals surface area contributed by atoms with Crippen LogP contribution >= 0.6 is 0 Å². The Bertz CT molecular complexity index is 1970. The van der Waals surface area contributed by atoms with Crippen LogP contribution in [0.4, 0.5) is 11.4 Å². The molecular formula is C30H8N8. The van der Waals surface area contributed by atoms with Crippen molar-refractivity contribution >= 4 is 22.8 Å². The van der Waals surface area contributed by atoms with Crippen molar-refractivity contribution in [3.05, 3.63) is 114 Å². The molecule has 2 aliphatic carbocycles. The molecule has 38 heavy (non-hydrogen) atoms. The van der Waals surface area contributed by atoms with Gasteiger partial charge in [0, 0.05) is 16.0 Å². The number of hydrogen-bond donors (Lipinski definition) is 0. The third-order valence-corrected chi connectivity index (χ3v) is 6.75. The molecule has 0 fully saturated rings. The summed E-state index contributed by atoms with van der Waals surface area (Å²) in [4.78, 5) is 14.0. The van der Waals surface area contributed by atoms with Gasteiger partial charge in [0.15, 0.2) is 11.4 Å². The van der Waals surface area contributed by atoms with Gasteiger partial charge in [0.25, 0.3) is 11.4 Å². The highest BCUT2D eigenvalue weighted by Crippen LogP contribution is 2.46. The molecule has 0 bridgehead atoms. The zero-order valence-electron chi connectivity index (χ0n) is 19.3. The summed E-state index contributed by atoms with van der Waals surface area (Å²) in [6.07, 6.45) is 0.321. The van der Waals surface area contributed by atoms with Crippen LogP contribution < -0.4 is 10.4 Å². The van der Waals surface area contributed by atoms with Gasteiger partial charge in [-0.3, -0.25) is 0 Å². The van der Waals surface area contributed by atoms with Crippen molar-refractivity contribution in [1.29, 1.82) is 21.0 Å². The third kappa shape index (κ3) is 2.95. The van der Waals surface area contributed by atoms with Crippen LogP contribution in [-0.4, -0.2) is 0 Å². The van der Waals surface area contributed by atoms with E-state index in [1.807, 2.05) is 18.2 Å². The molecule has 0 saturated carbocycles. The first-order chi connectivity index (χ1) is 18.5. The van der Waals surface area contributed by atoms with E-state index in [1.54, 1.807) is 12.1 Å². The fourth-order valence-corrected chi connectivity index (χ4v) is 5.48. The van der Waals surface area contributed by atoms with Crippen molar-refractivity contribution in [2.45, 2.75) is 12.8 Å². The number of nitrogens with zero attached hydrogens (tertiary/aromatic N) is 8. The topological polar surface area (TPSA) is 113 Å². The minimum Gasteiger partial charge on any atom is -0.239 e. The van der Waals surface area contributed by atoms with Crippen molar-refractivity contribution in [2.75, 3.05) is 0 Å². The van der Waals surface area contributed by atoms with Gasteiger partial charge in [-0.05, 0) is 58.4 Å². The van der Waals surface area contributed by atoms with Gasteiger partial charge in [0.05, 0.1) is 61.7 Å². The molecule has 0 radical (unpaired) electrons. The largest absolute Gasteiger partial charge is 0.269 e. The normalized spacial score (nSPS) is 12.6. The number of benzene rings is 3. The molecular weight excluding hydrogens is 472 g/mol. The Balaban J connectivity index is 2.16. The lowest BCUT2D eigenvalue weighted by molar-refractivity contribution is 1.20. The second kappa shape index (κ2) is 8.52. The molecule has 0 N–H and O–H groups in total. The molecule has 0 atom stereocenters. The van der Waals surface area contributed by atoms with Crippen molar-refractivity contribution in [1.82, 2.24) is 0 Å². The van der Waals surface area contributed by atoms with Gasteiger partial charge in [-0.2, -0.15) is 10.5 Å². The van der Waals surface area contributed by atoms with Crippen LogP contribution in [0.15, 0.2) is 24.3 Å². The van der Waals surface area contributed by atoms with Gasteiger partial charge in [-0.25, -0.2) is 29.9 Å². The average Bonchev–Trinajstić information content (AvgIpc) is 3.52. The molecule has 0 amide bonds. The first kappa shape index (κ1) is 23.1. The van der Waals surface area contributed by atoms with Crippen LogP contribution in [0, 0.1) is 71.6 Å². The minimum atomic E-state index is -0.228. The Morgan fingerprint density at radius 1 is 0.658 bits per heavy atom. The SMILES string of the molecule is [C-]#[N+]/C(C#N)=c1/c2c(/c(=C(\C#N)[N+]#[C-])c3c1-c1c(cc([N+]#[C-])cc1[N+]#[C-])C3)-c1c(C#N)cc(C#N)cc1C2. The minimum absolute atomic E-state index is 0.157. The molecule has 0 heterocycles. The Kier molecular flexibility index (Phi) is 5.17. The van der Waals surface area contributed by atoms with E-state index in [4.69, 9.17) is 26.3 Å². The fraction of sp³-hybridized carbons (Fsp3) is 0.0667. The first-order valence-electron chi connectivity index (χ1n) is 10.9. The zero-order chi connectivity index (χ0) is 27.1. The number of hydrogen-bond acceptors (Lipinski definition) is 4. The lowest BCUT2D eigenvalue weighted by Gasteiger charge is -2.14. The Morgan fingerprint density at radius 3 is 1.71 bits per heavy atom. The second-order valence-corrected chi connectivity index (χ2v) is 8.46. The van der Waals surface area contributed by atoms with Crippen molar-refractivity contribution < 1.29 is 0 Å². The maximum Gasteiger partial charge on any atom is 0.269 e. The summed E-state index contributed by atoms with van der Waals surface area (Å²) in [5, 5.41) is 40.0. The lowest BCUT2D eigenvalue weighted by atomic mass is 9.89. The zero-order valence-corrected chi connectivity index (χ0v) is 19.3. The highest BCUT2D eigenvalue weighted by atomic mass is 14.7. The summed E-state index contributed by atoms with van der Waals surface area (Å²) in [5.41, 5.74) is 4.40. The van der Waals surface area contributed by atoms with Gasteiger partial charge in [-0.1, -0.05) is 17.7 Å². The van der Waals surface area contributed by atoms with Gasteiger partial charge in [0.2, 0.25) is 0 Å². The molecule has 0 unspecified atom stereocenters. The number of fused-ring (bicyclic) bond motifs is 6. The summed E-state index contributed by atoms with van der Waals surface area (Å²) in [6, 6.07) is 14.2. The van der Waals surface area contributed by atoms with Crippen LogP contribution in [0.3, 0.4) is 0 Å². The summed E-state index contributed by atoms with van der Waals surface area (Å²) >= 11 is 0. The molecule has 8 heteroatoms. The van der Waals surface area contributed by atoms with E-state index in [2.05, 4.69) is 25.4 Å². The van der Waals surface area contributed by atoms with Crippen molar-refractivity contribution in [3.63, 3.8) is 0 Å². The number of nitriles is 4. The summed E-state index contributed by atoms with van der Waals surface area (Å²) < 4.78 is 0. The molecule has 3 aromatic rings. The third-order valence-electron chi connectivity index (χ3n) is 6.75. The molecule has 2 aliphatic rings. The smallest absolute Gasteiger partial charge is 0.239 e. The highest BCUT2D eigenvalue weighted by Gasteiger charge is 2.34. The van der Waals surface area contributed by atoms with E-state index < -0.39 is 0 Å². The van der Waals surface area contributed by atoms with E-state index in [-0.39, 0.29) is 57.2 Å². The monoisotopic (exact) mass is 480 g/mol. The van der Waals surface area contributed by atoms with Gasteiger partial charge in [-0.15, -0.1) is 0 Å². The van der Waals surface area contributed by atoms with E-state index in [0.717, 1.165) is 0 Å². The summed E-state index contributed by atoms with van der Waals surface area (Å²) in [7, 11) is 0. The number of rotatable bonds is 0. The predicted octanol–water partition coefficient (Wildman–Crippen LogP) is 4.78. The summed E-state index contributed by atoms with van der Waals surface area (Å²) in [6.45, 7) is 30.7. The molecule has 5 rings (SSSR count).